The lowest BCUT2D eigenvalue weighted by atomic mass is 10.2. The maximum Gasteiger partial charge on any atom is 0.311 e. The Kier molecular flexibility index (Phi) is 5.24. The Bertz CT molecular complexity index is 923. The molecule has 3 rings (SSSR count). The molecular formula is C16H14N4O4S. The van der Waals surface area contributed by atoms with Crippen LogP contribution in [0.4, 0.5) is 0 Å². The van der Waals surface area contributed by atoms with Crippen LogP contribution in [0.15, 0.2) is 50.9 Å². The Morgan fingerprint density at radius 1 is 1.28 bits per heavy atom. The minimum Gasteiger partial charge on any atom is -0.469 e. The highest BCUT2D eigenvalue weighted by molar-refractivity contribution is 7.98. The first kappa shape index (κ1) is 16.9. The first-order valence-electron chi connectivity index (χ1n) is 7.32. The largest absolute Gasteiger partial charge is 0.469 e. The van der Waals surface area contributed by atoms with Crippen LogP contribution in [0.3, 0.4) is 0 Å². The summed E-state index contributed by atoms with van der Waals surface area (Å²) in [4.78, 5) is 34.1. The highest BCUT2D eigenvalue weighted by Gasteiger charge is 2.11. The maximum atomic E-state index is 11.7. The lowest BCUT2D eigenvalue weighted by Gasteiger charge is -2.02. The van der Waals surface area contributed by atoms with E-state index in [0.29, 0.717) is 28.3 Å². The molecule has 0 aliphatic carbocycles. The summed E-state index contributed by atoms with van der Waals surface area (Å²) >= 11 is 1.23. The molecule has 0 spiro atoms. The molecule has 2 heterocycles. The lowest BCUT2D eigenvalue weighted by Crippen LogP contribution is -2.13. The molecule has 0 atom stereocenters. The van der Waals surface area contributed by atoms with Gasteiger partial charge in [-0.25, -0.2) is 4.98 Å². The van der Waals surface area contributed by atoms with Gasteiger partial charge in [-0.1, -0.05) is 47.3 Å². The van der Waals surface area contributed by atoms with Gasteiger partial charge in [0.25, 0.3) is 5.56 Å². The Hall–Kier alpha value is -2.94. The van der Waals surface area contributed by atoms with Gasteiger partial charge in [0.1, 0.15) is 0 Å². The fourth-order valence-corrected chi connectivity index (χ4v) is 2.74. The van der Waals surface area contributed by atoms with Crippen LogP contribution in [-0.2, 0) is 21.7 Å². The fraction of sp³-hybridized carbons (Fsp3) is 0.188. The van der Waals surface area contributed by atoms with Crippen LogP contribution in [0.5, 0.6) is 0 Å². The molecule has 3 aromatic rings. The quantitative estimate of drug-likeness (QED) is 0.403. The minimum absolute atomic E-state index is 0.0628. The normalized spacial score (nSPS) is 10.6. The number of aromatic nitrogens is 4. The van der Waals surface area contributed by atoms with Gasteiger partial charge in [-0.05, 0) is 0 Å². The van der Waals surface area contributed by atoms with Gasteiger partial charge >= 0.3 is 5.97 Å². The van der Waals surface area contributed by atoms with E-state index in [0.717, 1.165) is 5.56 Å². The van der Waals surface area contributed by atoms with Crippen LogP contribution >= 0.6 is 11.8 Å². The van der Waals surface area contributed by atoms with Crippen molar-refractivity contribution in [3.05, 3.63) is 58.3 Å². The molecule has 128 valence electrons. The van der Waals surface area contributed by atoms with Gasteiger partial charge in [0.05, 0.1) is 25.0 Å². The molecule has 0 aliphatic rings. The number of H-pyrrole nitrogens is 1. The molecule has 0 unspecified atom stereocenters. The van der Waals surface area contributed by atoms with Crippen LogP contribution in [0.2, 0.25) is 0 Å². The fourth-order valence-electron chi connectivity index (χ4n) is 2.01. The topological polar surface area (TPSA) is 111 Å². The summed E-state index contributed by atoms with van der Waals surface area (Å²) in [5.41, 5.74) is 0.856. The first-order valence-corrected chi connectivity index (χ1v) is 8.30. The van der Waals surface area contributed by atoms with Crippen LogP contribution in [-0.4, -0.2) is 33.2 Å². The molecule has 0 amide bonds. The second-order valence-electron chi connectivity index (χ2n) is 4.96. The second-order valence-corrected chi connectivity index (χ2v) is 5.93. The zero-order valence-electron chi connectivity index (χ0n) is 13.3. The van der Waals surface area contributed by atoms with Crippen molar-refractivity contribution < 1.29 is 14.1 Å². The van der Waals surface area contributed by atoms with Gasteiger partial charge in [-0.15, -0.1) is 0 Å². The van der Waals surface area contributed by atoms with Crippen molar-refractivity contribution in [3.63, 3.8) is 0 Å². The molecule has 2 aromatic heterocycles. The van der Waals surface area contributed by atoms with Crippen molar-refractivity contribution >= 4 is 17.7 Å². The Morgan fingerprint density at radius 2 is 2.08 bits per heavy atom. The number of nitrogens with one attached hydrogen (secondary N) is 1. The average Bonchev–Trinajstić information content (AvgIpc) is 3.09. The van der Waals surface area contributed by atoms with Crippen molar-refractivity contribution in [3.8, 4) is 11.4 Å². The summed E-state index contributed by atoms with van der Waals surface area (Å²) in [5, 5.41) is 4.30. The SMILES string of the molecule is COC(=O)Cc1cc(=O)[nH]c(SCc2nc(-c3ccccc3)no2)n1. The zero-order chi connectivity index (χ0) is 17.6. The molecule has 8 nitrogen and oxygen atoms in total. The summed E-state index contributed by atoms with van der Waals surface area (Å²) < 4.78 is 9.78. The zero-order valence-corrected chi connectivity index (χ0v) is 14.1. The van der Waals surface area contributed by atoms with E-state index in [2.05, 4.69) is 24.8 Å². The summed E-state index contributed by atoms with van der Waals surface area (Å²) in [7, 11) is 1.28. The number of thioether (sulfide) groups is 1. The summed E-state index contributed by atoms with van der Waals surface area (Å²) in [6.45, 7) is 0. The highest BCUT2D eigenvalue weighted by Crippen LogP contribution is 2.20. The number of aromatic amines is 1. The number of ether oxygens (including phenoxy) is 1. The molecule has 25 heavy (non-hydrogen) atoms. The molecule has 0 fully saturated rings. The predicted octanol–water partition coefficient (Wildman–Crippen LogP) is 1.83. The number of hydrogen-bond donors (Lipinski definition) is 1. The molecule has 0 saturated carbocycles. The Balaban J connectivity index is 1.69. The number of carbonyl (C=O) groups is 1. The predicted molar refractivity (Wildman–Crippen MR) is 89.9 cm³/mol. The van der Waals surface area contributed by atoms with Crippen molar-refractivity contribution in [2.45, 2.75) is 17.3 Å². The van der Waals surface area contributed by atoms with E-state index in [9.17, 15) is 9.59 Å². The molecule has 1 N–H and O–H groups in total. The van der Waals surface area contributed by atoms with Gasteiger partial charge in [0.15, 0.2) is 5.16 Å². The first-order chi connectivity index (χ1) is 12.1. The van der Waals surface area contributed by atoms with E-state index in [-0.39, 0.29) is 12.0 Å². The number of benzene rings is 1. The van der Waals surface area contributed by atoms with Gasteiger partial charge < -0.3 is 14.2 Å². The number of esters is 1. The molecule has 0 bridgehead atoms. The summed E-state index contributed by atoms with van der Waals surface area (Å²) in [6, 6.07) is 10.7. The van der Waals surface area contributed by atoms with Crippen LogP contribution in [0.1, 0.15) is 11.6 Å². The lowest BCUT2D eigenvalue weighted by molar-refractivity contribution is -0.139. The number of carbonyl (C=O) groups excluding carboxylic acids is 1. The molecule has 1 aromatic carbocycles. The van der Waals surface area contributed by atoms with E-state index >= 15 is 0 Å². The van der Waals surface area contributed by atoms with E-state index in [1.54, 1.807) is 0 Å². The van der Waals surface area contributed by atoms with Gasteiger partial charge in [-0.3, -0.25) is 9.59 Å². The average molecular weight is 358 g/mol. The summed E-state index contributed by atoms with van der Waals surface area (Å²) in [6.07, 6.45) is -0.0628. The van der Waals surface area contributed by atoms with Crippen LogP contribution in [0.25, 0.3) is 11.4 Å². The Labute approximate surface area is 146 Å². The third-order valence-electron chi connectivity index (χ3n) is 3.16. The number of nitrogens with zero attached hydrogens (tertiary/aromatic N) is 3. The summed E-state index contributed by atoms with van der Waals surface area (Å²) in [5.74, 6) is 0.783. The van der Waals surface area contributed by atoms with Crippen LogP contribution in [0, 0.1) is 0 Å². The molecule has 0 saturated heterocycles. The number of methoxy groups -OCH3 is 1. The Morgan fingerprint density at radius 3 is 2.84 bits per heavy atom. The third kappa shape index (κ3) is 4.54. The second kappa shape index (κ2) is 7.75. The van der Waals surface area contributed by atoms with E-state index in [1.807, 2.05) is 30.3 Å². The van der Waals surface area contributed by atoms with Gasteiger partial charge in [0.2, 0.25) is 11.7 Å². The van der Waals surface area contributed by atoms with Crippen LogP contribution < -0.4 is 5.56 Å². The van der Waals surface area contributed by atoms with E-state index < -0.39 is 5.97 Å². The minimum atomic E-state index is -0.460. The molecule has 0 aliphatic heterocycles. The number of hydrogen-bond acceptors (Lipinski definition) is 8. The van der Waals surface area contributed by atoms with Crippen molar-refractivity contribution in [1.29, 1.82) is 0 Å². The van der Waals surface area contributed by atoms with Gasteiger partial charge in [-0.2, -0.15) is 4.98 Å². The van der Waals surface area contributed by atoms with Crippen molar-refractivity contribution in [1.82, 2.24) is 20.1 Å². The standard InChI is InChI=1S/C16H14N4O4S/c1-23-14(22)8-11-7-12(21)18-16(17-11)25-9-13-19-15(20-24-13)10-5-3-2-4-6-10/h2-7H,8-9H2,1H3,(H,17,18,21). The molecule has 9 heteroatoms. The smallest absolute Gasteiger partial charge is 0.311 e. The van der Waals surface area contributed by atoms with Crippen molar-refractivity contribution in [2.24, 2.45) is 0 Å². The van der Waals surface area contributed by atoms with Gasteiger partial charge in [0, 0.05) is 11.6 Å². The third-order valence-corrected chi connectivity index (χ3v) is 4.02. The highest BCUT2D eigenvalue weighted by atomic mass is 32.2. The van der Waals surface area contributed by atoms with Crippen molar-refractivity contribution in [2.75, 3.05) is 7.11 Å². The van der Waals surface area contributed by atoms with E-state index in [1.165, 1.54) is 24.9 Å². The maximum absolute atomic E-state index is 11.7. The number of rotatable bonds is 6. The monoisotopic (exact) mass is 358 g/mol. The van der Waals surface area contributed by atoms with E-state index in [4.69, 9.17) is 4.52 Å². The molecular weight excluding hydrogens is 344 g/mol. The molecule has 0 radical (unpaired) electrons.